The minimum absolute atomic E-state index is 0. The number of benzene rings is 1. The number of nitrogens with zero attached hydrogens (tertiary/aromatic N) is 3. The molecule has 6 heteroatoms. The third-order valence-electron chi connectivity index (χ3n) is 4.94. The van der Waals surface area contributed by atoms with Gasteiger partial charge in [0.1, 0.15) is 0 Å². The minimum Gasteiger partial charge on any atom is -0.393 e. The first-order valence-corrected chi connectivity index (χ1v) is 8.63. The summed E-state index contributed by atoms with van der Waals surface area (Å²) in [5.41, 5.74) is 8.65. The number of nitrogens with two attached hydrogens (primary N) is 1. The fraction of sp³-hybridized carbons (Fsp3) is 0.611. The normalized spacial score (nSPS) is 19.8. The van der Waals surface area contributed by atoms with Crippen LogP contribution in [0.3, 0.4) is 0 Å². The Hall–Kier alpha value is -0.860. The summed E-state index contributed by atoms with van der Waals surface area (Å²) in [6, 6.07) is 9.06. The van der Waals surface area contributed by atoms with Gasteiger partial charge in [0.2, 0.25) is 0 Å². The Morgan fingerprint density at radius 1 is 1.21 bits per heavy atom. The number of piperidine rings is 1. The molecule has 2 fully saturated rings. The molecule has 0 spiro atoms. The molecule has 5 nitrogen and oxygen atoms in total. The summed E-state index contributed by atoms with van der Waals surface area (Å²) in [6.45, 7) is 3.49. The van der Waals surface area contributed by atoms with Crippen LogP contribution in [0.5, 0.6) is 0 Å². The lowest BCUT2D eigenvalue weighted by Crippen LogP contribution is -2.36. The van der Waals surface area contributed by atoms with Crippen LogP contribution in [0.25, 0.3) is 0 Å². The summed E-state index contributed by atoms with van der Waals surface area (Å²) in [5, 5.41) is 9.63. The van der Waals surface area contributed by atoms with Crippen molar-refractivity contribution in [1.82, 2.24) is 9.80 Å². The van der Waals surface area contributed by atoms with E-state index in [2.05, 4.69) is 39.1 Å². The van der Waals surface area contributed by atoms with Crippen molar-refractivity contribution in [3.63, 3.8) is 0 Å². The van der Waals surface area contributed by atoms with Gasteiger partial charge in [-0.1, -0.05) is 24.3 Å². The summed E-state index contributed by atoms with van der Waals surface area (Å²) < 4.78 is 0. The molecule has 2 aliphatic rings. The molecule has 1 saturated heterocycles. The molecule has 0 amide bonds. The van der Waals surface area contributed by atoms with Gasteiger partial charge >= 0.3 is 0 Å². The second-order valence-corrected chi connectivity index (χ2v) is 6.79. The number of aliphatic hydroxyl groups excluding tert-OH is 1. The van der Waals surface area contributed by atoms with Crippen LogP contribution >= 0.6 is 24.0 Å². The standard InChI is InChI=1S/C18H28N4O.HI/c1-21(16-6-7-16)18(19)20-12-14-4-2-3-5-15(14)13-22-10-8-17(23)9-11-22;/h2-5,16-17,23H,6-13H2,1H3,(H2,19,20);1H. The van der Waals surface area contributed by atoms with Crippen molar-refractivity contribution in [1.29, 1.82) is 0 Å². The highest BCUT2D eigenvalue weighted by Gasteiger charge is 2.27. The number of likely N-dealkylation sites (tertiary alicyclic amines) is 1. The molecule has 0 radical (unpaired) electrons. The van der Waals surface area contributed by atoms with Gasteiger partial charge in [0.05, 0.1) is 12.6 Å². The van der Waals surface area contributed by atoms with Gasteiger partial charge in [0.15, 0.2) is 5.96 Å². The highest BCUT2D eigenvalue weighted by Crippen LogP contribution is 2.25. The highest BCUT2D eigenvalue weighted by molar-refractivity contribution is 14.0. The third-order valence-corrected chi connectivity index (χ3v) is 4.94. The molecule has 0 aromatic heterocycles. The highest BCUT2D eigenvalue weighted by atomic mass is 127. The van der Waals surface area contributed by atoms with Crippen molar-refractivity contribution in [3.8, 4) is 0 Å². The fourth-order valence-electron chi connectivity index (χ4n) is 3.11. The molecule has 1 aromatic rings. The number of aliphatic hydroxyl groups is 1. The molecule has 24 heavy (non-hydrogen) atoms. The first-order valence-electron chi connectivity index (χ1n) is 8.63. The molecule has 0 unspecified atom stereocenters. The lowest BCUT2D eigenvalue weighted by Gasteiger charge is -2.30. The van der Waals surface area contributed by atoms with Crippen LogP contribution in [0.1, 0.15) is 36.8 Å². The first-order chi connectivity index (χ1) is 11.1. The number of aliphatic imine (C=N–C) groups is 1. The molecule has 1 aromatic carbocycles. The van der Waals surface area contributed by atoms with Gasteiger partial charge in [-0.3, -0.25) is 4.90 Å². The lowest BCUT2D eigenvalue weighted by atomic mass is 10.0. The van der Waals surface area contributed by atoms with Crippen molar-refractivity contribution in [2.75, 3.05) is 20.1 Å². The third kappa shape index (κ3) is 5.32. The van der Waals surface area contributed by atoms with Gasteiger partial charge in [0, 0.05) is 32.7 Å². The zero-order valence-corrected chi connectivity index (χ0v) is 16.7. The monoisotopic (exact) mass is 444 g/mol. The van der Waals surface area contributed by atoms with E-state index in [0.29, 0.717) is 18.5 Å². The average Bonchev–Trinajstić information content (AvgIpc) is 3.40. The van der Waals surface area contributed by atoms with Crippen LogP contribution in [-0.2, 0) is 13.1 Å². The predicted octanol–water partition coefficient (Wildman–Crippen LogP) is 2.17. The van der Waals surface area contributed by atoms with Gasteiger partial charge in [0.25, 0.3) is 0 Å². The molecule has 3 N–H and O–H groups in total. The Bertz CT molecular complexity index is 554. The number of hydrogen-bond acceptors (Lipinski definition) is 3. The van der Waals surface area contributed by atoms with Crippen molar-refractivity contribution in [2.45, 2.75) is 50.9 Å². The molecule has 1 aliphatic carbocycles. The summed E-state index contributed by atoms with van der Waals surface area (Å²) >= 11 is 0. The van der Waals surface area contributed by atoms with E-state index in [4.69, 9.17) is 5.73 Å². The summed E-state index contributed by atoms with van der Waals surface area (Å²) in [4.78, 5) is 9.09. The smallest absolute Gasteiger partial charge is 0.191 e. The molecule has 1 heterocycles. The van der Waals surface area contributed by atoms with E-state index in [0.717, 1.165) is 32.5 Å². The maximum atomic E-state index is 9.63. The largest absolute Gasteiger partial charge is 0.393 e. The SMILES string of the molecule is CN(C(N)=NCc1ccccc1CN1CCC(O)CC1)C1CC1.I. The van der Waals surface area contributed by atoms with Crippen LogP contribution in [0.15, 0.2) is 29.3 Å². The summed E-state index contributed by atoms with van der Waals surface area (Å²) in [6.07, 6.45) is 4.08. The fourth-order valence-corrected chi connectivity index (χ4v) is 3.11. The van der Waals surface area contributed by atoms with Crippen LogP contribution in [0.2, 0.25) is 0 Å². The van der Waals surface area contributed by atoms with Crippen molar-refractivity contribution < 1.29 is 5.11 Å². The minimum atomic E-state index is -0.121. The quantitative estimate of drug-likeness (QED) is 0.415. The lowest BCUT2D eigenvalue weighted by molar-refractivity contribution is 0.0791. The molecular weight excluding hydrogens is 415 g/mol. The zero-order chi connectivity index (χ0) is 16.2. The van der Waals surface area contributed by atoms with Crippen LogP contribution in [-0.4, -0.2) is 53.1 Å². The van der Waals surface area contributed by atoms with Crippen molar-refractivity contribution in [2.24, 2.45) is 10.7 Å². The number of rotatable bonds is 5. The van der Waals surface area contributed by atoms with E-state index < -0.39 is 0 Å². The number of hydrogen-bond donors (Lipinski definition) is 2. The van der Waals surface area contributed by atoms with Gasteiger partial charge in [-0.25, -0.2) is 4.99 Å². The topological polar surface area (TPSA) is 65.1 Å². The van der Waals surface area contributed by atoms with E-state index in [-0.39, 0.29) is 30.1 Å². The summed E-state index contributed by atoms with van der Waals surface area (Å²) in [5.74, 6) is 0.642. The van der Waals surface area contributed by atoms with Crippen LogP contribution < -0.4 is 5.73 Å². The van der Waals surface area contributed by atoms with Gasteiger partial charge < -0.3 is 15.7 Å². The number of halogens is 1. The Balaban J connectivity index is 0.00000208. The Kier molecular flexibility index (Phi) is 7.31. The van der Waals surface area contributed by atoms with E-state index in [9.17, 15) is 5.11 Å². The van der Waals surface area contributed by atoms with Gasteiger partial charge in [-0.2, -0.15) is 0 Å². The van der Waals surface area contributed by atoms with Crippen molar-refractivity contribution in [3.05, 3.63) is 35.4 Å². The molecule has 3 rings (SSSR count). The Labute approximate surface area is 161 Å². The second kappa shape index (κ2) is 9.01. The molecule has 0 atom stereocenters. The molecule has 134 valence electrons. The van der Waals surface area contributed by atoms with E-state index in [1.165, 1.54) is 24.0 Å². The maximum Gasteiger partial charge on any atom is 0.191 e. The van der Waals surface area contributed by atoms with Gasteiger partial charge in [-0.05, 0) is 36.8 Å². The van der Waals surface area contributed by atoms with Gasteiger partial charge in [-0.15, -0.1) is 24.0 Å². The molecule has 1 saturated carbocycles. The maximum absolute atomic E-state index is 9.63. The van der Waals surface area contributed by atoms with Crippen LogP contribution in [0.4, 0.5) is 0 Å². The van der Waals surface area contributed by atoms with Crippen molar-refractivity contribution >= 4 is 29.9 Å². The zero-order valence-electron chi connectivity index (χ0n) is 14.4. The van der Waals surface area contributed by atoms with E-state index in [1.807, 2.05) is 7.05 Å². The molecule has 0 bridgehead atoms. The number of guanidine groups is 1. The van der Waals surface area contributed by atoms with E-state index in [1.54, 1.807) is 0 Å². The first kappa shape index (κ1) is 19.5. The molecular formula is C18H29IN4O. The van der Waals surface area contributed by atoms with E-state index >= 15 is 0 Å². The molecule has 1 aliphatic heterocycles. The Morgan fingerprint density at radius 2 is 1.83 bits per heavy atom. The second-order valence-electron chi connectivity index (χ2n) is 6.79. The van der Waals surface area contributed by atoms with Crippen LogP contribution in [0, 0.1) is 0 Å². The average molecular weight is 444 g/mol. The predicted molar refractivity (Wildman–Crippen MR) is 108 cm³/mol. The Morgan fingerprint density at radius 3 is 2.46 bits per heavy atom. The summed E-state index contributed by atoms with van der Waals surface area (Å²) in [7, 11) is 2.03.